The van der Waals surface area contributed by atoms with Crippen LogP contribution >= 0.6 is 11.3 Å². The summed E-state index contributed by atoms with van der Waals surface area (Å²) < 4.78 is 0. The minimum atomic E-state index is -0.0121. The van der Waals surface area contributed by atoms with Gasteiger partial charge in [-0.2, -0.15) is 10.2 Å². The van der Waals surface area contributed by atoms with Gasteiger partial charge in [0.05, 0.1) is 17.8 Å². The summed E-state index contributed by atoms with van der Waals surface area (Å²) in [5, 5.41) is 18.4. The smallest absolute Gasteiger partial charge is 0.208 e. The van der Waals surface area contributed by atoms with Crippen LogP contribution in [0.4, 0.5) is 5.13 Å². The summed E-state index contributed by atoms with van der Waals surface area (Å²) in [6.45, 7) is 5.48. The molecule has 1 aliphatic rings. The van der Waals surface area contributed by atoms with Gasteiger partial charge < -0.3 is 4.90 Å². The quantitative estimate of drug-likeness (QED) is 0.283. The minimum absolute atomic E-state index is 0.0121. The van der Waals surface area contributed by atoms with Gasteiger partial charge in [0.2, 0.25) is 5.13 Å². The van der Waals surface area contributed by atoms with E-state index in [2.05, 4.69) is 35.3 Å². The van der Waals surface area contributed by atoms with Crippen LogP contribution in [-0.2, 0) is 24.1 Å². The van der Waals surface area contributed by atoms with Gasteiger partial charge in [-0.25, -0.2) is 0 Å². The number of carbonyl (C=O) groups excluding carboxylic acids is 2. The monoisotopic (exact) mass is 527 g/mol. The molecule has 1 fully saturated rings. The molecule has 0 amide bonds. The largest absolute Gasteiger partial charge is 0.346 e. The van der Waals surface area contributed by atoms with Crippen molar-refractivity contribution in [3.63, 3.8) is 0 Å². The van der Waals surface area contributed by atoms with E-state index in [4.69, 9.17) is 0 Å². The summed E-state index contributed by atoms with van der Waals surface area (Å²) in [5.41, 5.74) is 5.27. The summed E-state index contributed by atoms with van der Waals surface area (Å²) >= 11 is 1.34. The number of Topliss-reactive ketones (excluding diaryl/α,β-unsaturated/α-hetero) is 2. The summed E-state index contributed by atoms with van der Waals surface area (Å²) in [4.78, 5) is 36.0. The van der Waals surface area contributed by atoms with E-state index in [1.54, 1.807) is 6.20 Å². The molecular weight excluding hydrogens is 498 g/mol. The van der Waals surface area contributed by atoms with Gasteiger partial charge in [0.25, 0.3) is 0 Å². The molecule has 0 spiro atoms. The lowest BCUT2D eigenvalue weighted by Crippen LogP contribution is -2.19. The van der Waals surface area contributed by atoms with Crippen molar-refractivity contribution in [2.75, 3.05) is 18.0 Å². The Hall–Kier alpha value is -3.92. The standard InChI is InChI=1S/C28H29N7O2S/c1-18-10-12-29-21(14-18)7-9-26(37)27-33-34-28(38-27)35-13-11-20(17-35)25-8-6-23(31-32-25)16-24(36)15-22-5-3-4-19(2)30-22/h3-6,8,10,12,14,20H,7,9,11,13,15-17H2,1-2H3. The average molecular weight is 528 g/mol. The maximum atomic E-state index is 12.7. The lowest BCUT2D eigenvalue weighted by atomic mass is 10.0. The number of ketones is 2. The molecule has 0 aromatic carbocycles. The SMILES string of the molecule is Cc1ccnc(CCC(=O)c2nnc(N3CCC(c4ccc(CC(=O)Cc5cccc(C)n5)nn4)C3)s2)c1. The Bertz CT molecular complexity index is 1440. The van der Waals surface area contributed by atoms with Gasteiger partial charge in [-0.15, -0.1) is 10.2 Å². The number of hydrogen-bond acceptors (Lipinski definition) is 10. The predicted molar refractivity (Wildman–Crippen MR) is 145 cm³/mol. The van der Waals surface area contributed by atoms with Crippen molar-refractivity contribution in [3.8, 4) is 0 Å². The first-order valence-electron chi connectivity index (χ1n) is 12.7. The molecule has 1 unspecified atom stereocenters. The number of aromatic nitrogens is 6. The molecule has 4 aromatic heterocycles. The lowest BCUT2D eigenvalue weighted by molar-refractivity contribution is -0.117. The van der Waals surface area contributed by atoms with Crippen LogP contribution in [0.1, 0.15) is 62.6 Å². The molecule has 5 rings (SSSR count). The van der Waals surface area contributed by atoms with E-state index in [9.17, 15) is 9.59 Å². The second-order valence-corrected chi connectivity index (χ2v) is 10.6. The number of hydrogen-bond donors (Lipinski definition) is 0. The normalized spacial score (nSPS) is 15.1. The summed E-state index contributed by atoms with van der Waals surface area (Å²) in [6.07, 6.45) is 4.15. The van der Waals surface area contributed by atoms with Crippen molar-refractivity contribution >= 4 is 28.0 Å². The second kappa shape index (κ2) is 11.6. The number of anilines is 1. The Balaban J connectivity index is 1.13. The Morgan fingerprint density at radius 2 is 1.84 bits per heavy atom. The van der Waals surface area contributed by atoms with Crippen molar-refractivity contribution in [2.24, 2.45) is 0 Å². The topological polar surface area (TPSA) is 115 Å². The van der Waals surface area contributed by atoms with Crippen LogP contribution in [0.25, 0.3) is 0 Å². The zero-order valence-electron chi connectivity index (χ0n) is 21.5. The molecule has 0 radical (unpaired) electrons. The molecule has 38 heavy (non-hydrogen) atoms. The molecule has 0 aliphatic carbocycles. The van der Waals surface area contributed by atoms with Crippen LogP contribution in [0.5, 0.6) is 0 Å². The van der Waals surface area contributed by atoms with Gasteiger partial charge in [0.15, 0.2) is 10.8 Å². The number of rotatable bonds is 10. The molecule has 1 saturated heterocycles. The van der Waals surface area contributed by atoms with Gasteiger partial charge >= 0.3 is 0 Å². The molecule has 0 saturated carbocycles. The molecule has 194 valence electrons. The summed E-state index contributed by atoms with van der Waals surface area (Å²) in [6, 6.07) is 13.5. The maximum Gasteiger partial charge on any atom is 0.208 e. The van der Waals surface area contributed by atoms with Crippen LogP contribution in [0.15, 0.2) is 48.7 Å². The number of aryl methyl sites for hydroxylation is 3. The van der Waals surface area contributed by atoms with Gasteiger partial charge in [-0.1, -0.05) is 17.4 Å². The van der Waals surface area contributed by atoms with E-state index in [0.29, 0.717) is 23.5 Å². The highest BCUT2D eigenvalue weighted by Gasteiger charge is 2.28. The third-order valence-corrected chi connectivity index (χ3v) is 7.58. The first kappa shape index (κ1) is 25.7. The fourth-order valence-corrected chi connectivity index (χ4v) is 5.41. The fraction of sp³-hybridized carbons (Fsp3) is 0.357. The van der Waals surface area contributed by atoms with Crippen molar-refractivity contribution in [1.82, 2.24) is 30.4 Å². The van der Waals surface area contributed by atoms with Crippen LogP contribution in [-0.4, -0.2) is 55.0 Å². The molecule has 0 N–H and O–H groups in total. The summed E-state index contributed by atoms with van der Waals surface area (Å²) in [5.74, 6) is 0.259. The highest BCUT2D eigenvalue weighted by molar-refractivity contribution is 7.17. The molecule has 5 heterocycles. The van der Waals surface area contributed by atoms with E-state index in [0.717, 1.165) is 53.0 Å². The van der Waals surface area contributed by atoms with Gasteiger partial charge in [-0.05, 0) is 68.7 Å². The first-order valence-corrected chi connectivity index (χ1v) is 13.5. The molecule has 9 nitrogen and oxygen atoms in total. The first-order chi connectivity index (χ1) is 18.4. The number of pyridine rings is 2. The third-order valence-electron chi connectivity index (χ3n) is 6.55. The average Bonchev–Trinajstić information content (AvgIpc) is 3.58. The Morgan fingerprint density at radius 1 is 0.974 bits per heavy atom. The van der Waals surface area contributed by atoms with Crippen LogP contribution < -0.4 is 4.90 Å². The molecule has 0 bridgehead atoms. The molecule has 1 atom stereocenters. The Morgan fingerprint density at radius 3 is 2.63 bits per heavy atom. The van der Waals surface area contributed by atoms with Gasteiger partial charge in [0.1, 0.15) is 5.78 Å². The van der Waals surface area contributed by atoms with Crippen LogP contribution in [0.2, 0.25) is 0 Å². The van der Waals surface area contributed by atoms with E-state index in [1.807, 2.05) is 56.3 Å². The van der Waals surface area contributed by atoms with E-state index < -0.39 is 0 Å². The van der Waals surface area contributed by atoms with E-state index in [1.165, 1.54) is 11.3 Å². The highest BCUT2D eigenvalue weighted by atomic mass is 32.1. The zero-order chi connectivity index (χ0) is 26.5. The molecular formula is C28H29N7O2S. The third kappa shape index (κ3) is 6.49. The molecule has 4 aromatic rings. The van der Waals surface area contributed by atoms with Gasteiger partial charge in [0, 0.05) is 55.1 Å². The highest BCUT2D eigenvalue weighted by Crippen LogP contribution is 2.31. The Labute approximate surface area is 225 Å². The predicted octanol–water partition coefficient (Wildman–Crippen LogP) is 3.90. The van der Waals surface area contributed by atoms with Crippen molar-refractivity contribution in [1.29, 1.82) is 0 Å². The number of carbonyl (C=O) groups is 2. The van der Waals surface area contributed by atoms with Crippen LogP contribution in [0, 0.1) is 13.8 Å². The second-order valence-electron chi connectivity index (χ2n) is 9.68. The lowest BCUT2D eigenvalue weighted by Gasteiger charge is -2.13. The minimum Gasteiger partial charge on any atom is -0.346 e. The fourth-order valence-electron chi connectivity index (χ4n) is 4.56. The number of nitrogens with zero attached hydrogens (tertiary/aromatic N) is 7. The van der Waals surface area contributed by atoms with Crippen molar-refractivity contribution in [2.45, 2.75) is 51.9 Å². The van der Waals surface area contributed by atoms with Crippen LogP contribution in [0.3, 0.4) is 0 Å². The van der Waals surface area contributed by atoms with E-state index >= 15 is 0 Å². The maximum absolute atomic E-state index is 12.7. The summed E-state index contributed by atoms with van der Waals surface area (Å²) in [7, 11) is 0. The molecule has 1 aliphatic heterocycles. The van der Waals surface area contributed by atoms with Crippen molar-refractivity contribution < 1.29 is 9.59 Å². The Kier molecular flexibility index (Phi) is 7.88. The van der Waals surface area contributed by atoms with E-state index in [-0.39, 0.29) is 30.3 Å². The zero-order valence-corrected chi connectivity index (χ0v) is 22.3. The van der Waals surface area contributed by atoms with Crippen molar-refractivity contribution in [3.05, 3.63) is 87.7 Å². The van der Waals surface area contributed by atoms with Gasteiger partial charge in [-0.3, -0.25) is 19.6 Å². The molecule has 10 heteroatoms.